The molecule has 2 heterocycles. The number of thioether (sulfide) groups is 1. The monoisotopic (exact) mass is 537 g/mol. The molecule has 2 aromatic carbocycles. The molecule has 4 aromatic rings. The molecule has 0 aliphatic heterocycles. The van der Waals surface area contributed by atoms with Gasteiger partial charge in [-0.2, -0.15) is 0 Å². The van der Waals surface area contributed by atoms with Crippen molar-refractivity contribution < 1.29 is 14.3 Å². The minimum atomic E-state index is -0.321. The van der Waals surface area contributed by atoms with E-state index in [1.807, 2.05) is 72.3 Å². The number of aromatic nitrogens is 4. The minimum absolute atomic E-state index is 0.141. The molecule has 1 atom stereocenters. The number of ether oxygens (including phenoxy) is 2. The van der Waals surface area contributed by atoms with Gasteiger partial charge in [-0.15, -0.1) is 21.5 Å². The van der Waals surface area contributed by atoms with Crippen molar-refractivity contribution in [2.24, 2.45) is 5.92 Å². The van der Waals surface area contributed by atoms with Gasteiger partial charge in [-0.1, -0.05) is 55.4 Å². The first-order valence-electron chi connectivity index (χ1n) is 12.0. The van der Waals surface area contributed by atoms with Gasteiger partial charge in [0.25, 0.3) is 0 Å². The van der Waals surface area contributed by atoms with Crippen molar-refractivity contribution in [3.05, 3.63) is 65.3 Å². The smallest absolute Gasteiger partial charge is 0.236 e. The van der Waals surface area contributed by atoms with E-state index in [0.29, 0.717) is 16.2 Å². The van der Waals surface area contributed by atoms with E-state index in [1.165, 1.54) is 28.7 Å². The molecule has 37 heavy (non-hydrogen) atoms. The van der Waals surface area contributed by atoms with Crippen molar-refractivity contribution >= 4 is 34.1 Å². The third-order valence-electron chi connectivity index (χ3n) is 5.46. The highest BCUT2D eigenvalue weighted by atomic mass is 32.2. The average molecular weight is 538 g/mol. The molecule has 0 radical (unpaired) electrons. The van der Waals surface area contributed by atoms with Crippen LogP contribution in [0.25, 0.3) is 11.3 Å². The fraction of sp³-hybridized carbons (Fsp3) is 0.333. The predicted molar refractivity (Wildman–Crippen MR) is 149 cm³/mol. The van der Waals surface area contributed by atoms with Gasteiger partial charge in [0, 0.05) is 17.5 Å². The molecule has 0 bridgehead atoms. The lowest BCUT2D eigenvalue weighted by Gasteiger charge is -2.18. The van der Waals surface area contributed by atoms with Crippen LogP contribution >= 0.6 is 23.1 Å². The van der Waals surface area contributed by atoms with Gasteiger partial charge in [-0.3, -0.25) is 4.79 Å². The Labute approximate surface area is 225 Å². The number of aryl methyl sites for hydroxylation is 1. The van der Waals surface area contributed by atoms with Crippen LogP contribution in [0.15, 0.2) is 59.1 Å². The van der Waals surface area contributed by atoms with Crippen LogP contribution in [0.2, 0.25) is 0 Å². The van der Waals surface area contributed by atoms with E-state index in [-0.39, 0.29) is 17.8 Å². The largest absolute Gasteiger partial charge is 0.497 e. The molecule has 0 aliphatic rings. The summed E-state index contributed by atoms with van der Waals surface area (Å²) in [4.78, 5) is 17.2. The van der Waals surface area contributed by atoms with Gasteiger partial charge in [0.1, 0.15) is 11.5 Å². The van der Waals surface area contributed by atoms with E-state index in [1.54, 1.807) is 7.11 Å². The first kappa shape index (κ1) is 26.7. The number of benzene rings is 2. The Morgan fingerprint density at radius 3 is 2.43 bits per heavy atom. The number of anilines is 1. The summed E-state index contributed by atoms with van der Waals surface area (Å²) >= 11 is 2.76. The molecule has 0 saturated carbocycles. The zero-order valence-corrected chi connectivity index (χ0v) is 23.2. The molecule has 2 aromatic heterocycles. The molecule has 0 fully saturated rings. The molecule has 1 N–H and O–H groups in total. The zero-order valence-electron chi connectivity index (χ0n) is 21.6. The van der Waals surface area contributed by atoms with E-state index in [0.717, 1.165) is 35.1 Å². The van der Waals surface area contributed by atoms with E-state index in [2.05, 4.69) is 34.3 Å². The summed E-state index contributed by atoms with van der Waals surface area (Å²) in [7, 11) is 1.63. The maximum atomic E-state index is 12.7. The number of hydrogen-bond donors (Lipinski definition) is 1. The highest BCUT2D eigenvalue weighted by molar-refractivity contribution is 7.99. The number of carbonyl (C=O) groups is 1. The van der Waals surface area contributed by atoms with E-state index >= 15 is 0 Å². The van der Waals surface area contributed by atoms with Crippen molar-refractivity contribution in [1.29, 1.82) is 0 Å². The highest BCUT2D eigenvalue weighted by Gasteiger charge is 2.21. The van der Waals surface area contributed by atoms with Crippen LogP contribution in [0.4, 0.5) is 5.13 Å². The summed E-state index contributed by atoms with van der Waals surface area (Å²) in [6.45, 7) is 8.98. The molecule has 1 unspecified atom stereocenters. The third-order valence-corrected chi connectivity index (χ3v) is 7.18. The van der Waals surface area contributed by atoms with Gasteiger partial charge < -0.3 is 19.4 Å². The number of amides is 1. The fourth-order valence-electron chi connectivity index (χ4n) is 3.63. The van der Waals surface area contributed by atoms with Crippen LogP contribution in [0, 0.1) is 12.8 Å². The summed E-state index contributed by atoms with van der Waals surface area (Å²) < 4.78 is 13.4. The van der Waals surface area contributed by atoms with E-state index in [9.17, 15) is 4.79 Å². The maximum Gasteiger partial charge on any atom is 0.236 e. The number of carbonyl (C=O) groups excluding carboxylic acids is 1. The molecule has 0 saturated heterocycles. The lowest BCUT2D eigenvalue weighted by atomic mass is 10.1. The normalized spacial score (nSPS) is 11.9. The Balaban J connectivity index is 1.39. The quantitative estimate of drug-likeness (QED) is 0.226. The van der Waals surface area contributed by atoms with Crippen molar-refractivity contribution in [1.82, 2.24) is 19.7 Å². The molecule has 8 nitrogen and oxygen atoms in total. The SMILES string of the molecule is COc1ccc(OC(C)c2nnc(SCC(=O)Nc3nc(-c4ccc(C)cc4)cs3)n2CC(C)C)cc1. The second-order valence-electron chi connectivity index (χ2n) is 9.02. The molecular weight excluding hydrogens is 506 g/mol. The number of rotatable bonds is 11. The molecule has 10 heteroatoms. The lowest BCUT2D eigenvalue weighted by Crippen LogP contribution is -2.17. The topological polar surface area (TPSA) is 91.2 Å². The zero-order chi connectivity index (χ0) is 26.4. The van der Waals surface area contributed by atoms with Gasteiger partial charge >= 0.3 is 0 Å². The minimum Gasteiger partial charge on any atom is -0.497 e. The number of nitrogens with one attached hydrogen (secondary N) is 1. The van der Waals surface area contributed by atoms with Crippen molar-refractivity contribution in [2.45, 2.75) is 45.5 Å². The van der Waals surface area contributed by atoms with E-state index < -0.39 is 0 Å². The van der Waals surface area contributed by atoms with Crippen molar-refractivity contribution in [3.63, 3.8) is 0 Å². The number of nitrogens with zero attached hydrogens (tertiary/aromatic N) is 4. The van der Waals surface area contributed by atoms with Crippen LogP contribution in [-0.4, -0.2) is 38.5 Å². The van der Waals surface area contributed by atoms with Gasteiger partial charge in [-0.25, -0.2) is 4.98 Å². The summed E-state index contributed by atoms with van der Waals surface area (Å²) in [6, 6.07) is 15.6. The lowest BCUT2D eigenvalue weighted by molar-refractivity contribution is -0.113. The molecule has 0 aliphatic carbocycles. The summed E-state index contributed by atoms with van der Waals surface area (Å²) in [5.74, 6) is 2.63. The summed E-state index contributed by atoms with van der Waals surface area (Å²) in [5.41, 5.74) is 3.07. The number of hydrogen-bond acceptors (Lipinski definition) is 8. The van der Waals surface area contributed by atoms with Crippen molar-refractivity contribution in [3.8, 4) is 22.8 Å². The number of thiazole rings is 1. The molecule has 1 amide bonds. The van der Waals surface area contributed by atoms with Gasteiger partial charge in [0.2, 0.25) is 5.91 Å². The fourth-order valence-corrected chi connectivity index (χ4v) is 5.12. The van der Waals surface area contributed by atoms with Gasteiger partial charge in [0.15, 0.2) is 22.2 Å². The Morgan fingerprint density at radius 2 is 1.76 bits per heavy atom. The second-order valence-corrected chi connectivity index (χ2v) is 10.8. The Morgan fingerprint density at radius 1 is 1.05 bits per heavy atom. The first-order valence-corrected chi connectivity index (χ1v) is 13.9. The average Bonchev–Trinajstić information content (AvgIpc) is 3.50. The standard InChI is InChI=1S/C27H31N5O3S2/c1-17(2)14-32-25(19(4)35-22-12-10-21(34-5)11-13-22)30-31-27(32)37-16-24(33)29-26-28-23(15-36-26)20-8-6-18(3)7-9-20/h6-13,15,17,19H,14,16H2,1-5H3,(H,28,29,33). The third kappa shape index (κ3) is 7.11. The van der Waals surface area contributed by atoms with Gasteiger partial charge in [-0.05, 0) is 44.0 Å². The van der Waals surface area contributed by atoms with Crippen LogP contribution in [-0.2, 0) is 11.3 Å². The maximum absolute atomic E-state index is 12.7. The van der Waals surface area contributed by atoms with Crippen LogP contribution in [0.3, 0.4) is 0 Å². The van der Waals surface area contributed by atoms with Crippen LogP contribution in [0.5, 0.6) is 11.5 Å². The molecular formula is C27H31N5O3S2. The van der Waals surface area contributed by atoms with Crippen molar-refractivity contribution in [2.75, 3.05) is 18.2 Å². The van der Waals surface area contributed by atoms with E-state index in [4.69, 9.17) is 9.47 Å². The van der Waals surface area contributed by atoms with Crippen LogP contribution in [0.1, 0.15) is 38.3 Å². The molecule has 4 rings (SSSR count). The van der Waals surface area contributed by atoms with Gasteiger partial charge in [0.05, 0.1) is 18.6 Å². The molecule has 194 valence electrons. The molecule has 0 spiro atoms. The Hall–Kier alpha value is -3.37. The second kappa shape index (κ2) is 12.2. The Kier molecular flexibility index (Phi) is 8.83. The predicted octanol–water partition coefficient (Wildman–Crippen LogP) is 6.25. The Bertz CT molecular complexity index is 1320. The highest BCUT2D eigenvalue weighted by Crippen LogP contribution is 2.28. The summed E-state index contributed by atoms with van der Waals surface area (Å²) in [5, 5.41) is 14.9. The number of methoxy groups -OCH3 is 1. The summed E-state index contributed by atoms with van der Waals surface area (Å²) in [6.07, 6.45) is -0.321. The first-order chi connectivity index (χ1) is 17.8. The van der Waals surface area contributed by atoms with Crippen LogP contribution < -0.4 is 14.8 Å².